The van der Waals surface area contributed by atoms with Crippen LogP contribution in [0.1, 0.15) is 31.7 Å². The van der Waals surface area contributed by atoms with Crippen LogP contribution in [0, 0.1) is 5.82 Å². The summed E-state index contributed by atoms with van der Waals surface area (Å²) in [7, 11) is 1.74. The van der Waals surface area contributed by atoms with Crippen LogP contribution in [0.15, 0.2) is 47.6 Å². The molecule has 160 valence electrons. The van der Waals surface area contributed by atoms with Crippen molar-refractivity contribution in [3.05, 3.63) is 54.0 Å². The van der Waals surface area contributed by atoms with E-state index in [1.54, 1.807) is 31.4 Å². The number of aliphatic imine (C=N–C) groups is 1. The number of hydrogen-bond donors (Lipinski definition) is 2. The van der Waals surface area contributed by atoms with E-state index in [0.29, 0.717) is 18.2 Å². The van der Waals surface area contributed by atoms with Crippen LogP contribution in [0.5, 0.6) is 11.6 Å². The van der Waals surface area contributed by atoms with Crippen LogP contribution in [0.25, 0.3) is 0 Å². The van der Waals surface area contributed by atoms with Gasteiger partial charge in [-0.3, -0.25) is 4.99 Å². The highest BCUT2D eigenvalue weighted by Gasteiger charge is 2.02. The maximum absolute atomic E-state index is 12.9. The van der Waals surface area contributed by atoms with Gasteiger partial charge in [-0.25, -0.2) is 9.37 Å². The molecule has 2 N–H and O–H groups in total. The van der Waals surface area contributed by atoms with Gasteiger partial charge in [0, 0.05) is 45.6 Å². The van der Waals surface area contributed by atoms with Crippen molar-refractivity contribution >= 4 is 29.9 Å². The average molecular weight is 516 g/mol. The van der Waals surface area contributed by atoms with Gasteiger partial charge in [0.15, 0.2) is 5.96 Å². The summed E-state index contributed by atoms with van der Waals surface area (Å²) in [5.41, 5.74) is 0.998. The van der Waals surface area contributed by atoms with Crippen molar-refractivity contribution in [2.24, 2.45) is 4.99 Å². The predicted octanol–water partition coefficient (Wildman–Crippen LogP) is 4.50. The summed E-state index contributed by atoms with van der Waals surface area (Å²) >= 11 is 0. The summed E-state index contributed by atoms with van der Waals surface area (Å²) in [4.78, 5) is 8.49. The number of halogens is 2. The first-order chi connectivity index (χ1) is 13.7. The van der Waals surface area contributed by atoms with Crippen LogP contribution in [-0.4, -0.2) is 37.7 Å². The van der Waals surface area contributed by atoms with E-state index in [1.165, 1.54) is 12.1 Å². The summed E-state index contributed by atoms with van der Waals surface area (Å²) in [5.74, 6) is 1.44. The number of rotatable bonds is 11. The molecule has 0 spiro atoms. The molecule has 1 aromatic carbocycles. The molecule has 0 fully saturated rings. The smallest absolute Gasteiger partial charge is 0.219 e. The lowest BCUT2D eigenvalue weighted by atomic mass is 10.3. The number of hydrogen-bond acceptors (Lipinski definition) is 4. The van der Waals surface area contributed by atoms with Crippen molar-refractivity contribution in [1.82, 2.24) is 15.6 Å². The van der Waals surface area contributed by atoms with E-state index in [0.717, 1.165) is 50.5 Å². The first-order valence-corrected chi connectivity index (χ1v) is 9.62. The van der Waals surface area contributed by atoms with Gasteiger partial charge in [-0.05, 0) is 42.7 Å². The lowest BCUT2D eigenvalue weighted by Gasteiger charge is -2.12. The van der Waals surface area contributed by atoms with E-state index in [-0.39, 0.29) is 29.8 Å². The summed E-state index contributed by atoms with van der Waals surface area (Å²) < 4.78 is 24.0. The summed E-state index contributed by atoms with van der Waals surface area (Å²) in [6.45, 7) is 5.13. The van der Waals surface area contributed by atoms with Gasteiger partial charge in [-0.1, -0.05) is 19.4 Å². The number of ether oxygens (including phenoxy) is 2. The van der Waals surface area contributed by atoms with Crippen molar-refractivity contribution in [3.8, 4) is 11.6 Å². The number of nitrogens with zero attached hydrogens (tertiary/aromatic N) is 2. The average Bonchev–Trinajstić information content (AvgIpc) is 2.72. The van der Waals surface area contributed by atoms with E-state index >= 15 is 0 Å². The molecule has 29 heavy (non-hydrogen) atoms. The van der Waals surface area contributed by atoms with Gasteiger partial charge in [0.05, 0.1) is 0 Å². The minimum Gasteiger partial charge on any atom is -0.439 e. The highest BCUT2D eigenvalue weighted by atomic mass is 127. The van der Waals surface area contributed by atoms with Crippen molar-refractivity contribution < 1.29 is 13.9 Å². The number of unbranched alkanes of at least 4 members (excludes halogenated alkanes) is 1. The Morgan fingerprint density at radius 1 is 1.07 bits per heavy atom. The van der Waals surface area contributed by atoms with Gasteiger partial charge in [-0.2, -0.15) is 0 Å². The monoisotopic (exact) mass is 516 g/mol. The molecular formula is C21H30FIN4O2. The van der Waals surface area contributed by atoms with E-state index < -0.39 is 0 Å². The van der Waals surface area contributed by atoms with Gasteiger partial charge in [0.2, 0.25) is 5.88 Å². The highest BCUT2D eigenvalue weighted by molar-refractivity contribution is 14.0. The lowest BCUT2D eigenvalue weighted by Crippen LogP contribution is -2.37. The van der Waals surface area contributed by atoms with Gasteiger partial charge in [0.1, 0.15) is 11.6 Å². The molecule has 0 atom stereocenters. The molecule has 0 aliphatic heterocycles. The first-order valence-electron chi connectivity index (χ1n) is 9.62. The molecule has 0 saturated heterocycles. The second-order valence-corrected chi connectivity index (χ2v) is 6.23. The Balaban J connectivity index is 0.00000420. The standard InChI is InChI=1S/C21H29FN4O2.HI/c1-3-4-13-27-14-5-12-24-21(23-2)26-16-17-6-11-20(25-15-17)28-19-9-7-18(22)8-10-19;/h6-11,15H,3-5,12-14,16H2,1-2H3,(H2,23,24,26);1H. The molecule has 6 nitrogen and oxygen atoms in total. The molecular weight excluding hydrogens is 486 g/mol. The Morgan fingerprint density at radius 2 is 1.83 bits per heavy atom. The third kappa shape index (κ3) is 10.4. The Labute approximate surface area is 189 Å². The maximum Gasteiger partial charge on any atom is 0.219 e. The molecule has 0 amide bonds. The van der Waals surface area contributed by atoms with Crippen LogP contribution < -0.4 is 15.4 Å². The molecule has 0 saturated carbocycles. The quantitative estimate of drug-likeness (QED) is 0.199. The molecule has 0 radical (unpaired) electrons. The molecule has 1 heterocycles. The fraction of sp³-hybridized carbons (Fsp3) is 0.429. The lowest BCUT2D eigenvalue weighted by molar-refractivity contribution is 0.129. The second-order valence-electron chi connectivity index (χ2n) is 6.23. The largest absolute Gasteiger partial charge is 0.439 e. The fourth-order valence-electron chi connectivity index (χ4n) is 2.34. The third-order valence-corrected chi connectivity index (χ3v) is 3.92. The van der Waals surface area contributed by atoms with Gasteiger partial charge in [0.25, 0.3) is 0 Å². The van der Waals surface area contributed by atoms with Crippen LogP contribution in [-0.2, 0) is 11.3 Å². The van der Waals surface area contributed by atoms with Crippen molar-refractivity contribution in [3.63, 3.8) is 0 Å². The topological polar surface area (TPSA) is 67.8 Å². The van der Waals surface area contributed by atoms with Gasteiger partial charge < -0.3 is 20.1 Å². The van der Waals surface area contributed by atoms with Crippen molar-refractivity contribution in [2.45, 2.75) is 32.7 Å². The zero-order valence-corrected chi connectivity index (χ0v) is 19.3. The van der Waals surface area contributed by atoms with Crippen LogP contribution in [0.4, 0.5) is 4.39 Å². The van der Waals surface area contributed by atoms with E-state index in [4.69, 9.17) is 9.47 Å². The van der Waals surface area contributed by atoms with Crippen molar-refractivity contribution in [2.75, 3.05) is 26.8 Å². The van der Waals surface area contributed by atoms with Crippen LogP contribution >= 0.6 is 24.0 Å². The van der Waals surface area contributed by atoms with Gasteiger partial charge >= 0.3 is 0 Å². The molecule has 0 aliphatic rings. The number of benzene rings is 1. The zero-order valence-electron chi connectivity index (χ0n) is 17.0. The second kappa shape index (κ2) is 15.0. The molecule has 0 bridgehead atoms. The normalized spacial score (nSPS) is 10.9. The predicted molar refractivity (Wildman–Crippen MR) is 125 cm³/mol. The van der Waals surface area contributed by atoms with Crippen LogP contribution in [0.2, 0.25) is 0 Å². The first kappa shape index (κ1) is 25.1. The number of guanidine groups is 1. The molecule has 0 unspecified atom stereocenters. The SMILES string of the molecule is CCCCOCCCNC(=NC)NCc1ccc(Oc2ccc(F)cc2)nc1.I. The van der Waals surface area contributed by atoms with E-state index in [2.05, 4.69) is 27.5 Å². The Kier molecular flexibility index (Phi) is 13.0. The molecule has 8 heteroatoms. The van der Waals surface area contributed by atoms with Gasteiger partial charge in [-0.15, -0.1) is 24.0 Å². The minimum atomic E-state index is -0.298. The Morgan fingerprint density at radius 3 is 2.48 bits per heavy atom. The molecule has 2 rings (SSSR count). The Hall–Kier alpha value is -1.94. The van der Waals surface area contributed by atoms with Crippen molar-refractivity contribution in [1.29, 1.82) is 0 Å². The molecule has 1 aromatic heterocycles. The number of nitrogens with one attached hydrogen (secondary N) is 2. The summed E-state index contributed by atoms with van der Waals surface area (Å²) in [6.07, 6.45) is 4.93. The Bertz CT molecular complexity index is 712. The molecule has 0 aliphatic carbocycles. The third-order valence-electron chi connectivity index (χ3n) is 3.92. The highest BCUT2D eigenvalue weighted by Crippen LogP contribution is 2.19. The van der Waals surface area contributed by atoms with Crippen LogP contribution in [0.3, 0.4) is 0 Å². The number of pyridine rings is 1. The van der Waals surface area contributed by atoms with E-state index in [1.807, 2.05) is 6.07 Å². The summed E-state index contributed by atoms with van der Waals surface area (Å²) in [5, 5.41) is 6.51. The zero-order chi connectivity index (χ0) is 20.0. The fourth-order valence-corrected chi connectivity index (χ4v) is 2.34. The maximum atomic E-state index is 12.9. The minimum absolute atomic E-state index is 0. The summed E-state index contributed by atoms with van der Waals surface area (Å²) in [6, 6.07) is 9.54. The number of aromatic nitrogens is 1. The molecule has 2 aromatic rings. The van der Waals surface area contributed by atoms with E-state index in [9.17, 15) is 4.39 Å².